The van der Waals surface area contributed by atoms with Crippen LogP contribution >= 0.6 is 11.6 Å². The lowest BCUT2D eigenvalue weighted by Gasteiger charge is -2.32. The van der Waals surface area contributed by atoms with Gasteiger partial charge in [-0.05, 0) is 39.8 Å². The predicted molar refractivity (Wildman–Crippen MR) is 89.0 cm³/mol. The first-order valence-electron chi connectivity index (χ1n) is 7.72. The molecule has 1 aromatic rings. The summed E-state index contributed by atoms with van der Waals surface area (Å²) in [6.07, 6.45) is 0.490. The Hall–Kier alpha value is -1.53. The number of halogens is 1. The Balaban J connectivity index is 2.33. The lowest BCUT2D eigenvalue weighted by Crippen LogP contribution is -2.41. The van der Waals surface area contributed by atoms with Gasteiger partial charge >= 0.3 is 6.09 Å². The third kappa shape index (κ3) is 4.72. The van der Waals surface area contributed by atoms with Crippen molar-refractivity contribution < 1.29 is 14.3 Å². The molecule has 0 bridgehead atoms. The number of amides is 1. The SMILES string of the molecule is COc1ccc(Cl)c(C2CNCCCN2C(=O)OC(C)(C)C)n1. The summed E-state index contributed by atoms with van der Waals surface area (Å²) in [7, 11) is 1.55. The Kier molecular flexibility index (Phi) is 5.70. The molecule has 1 amide bonds. The van der Waals surface area contributed by atoms with Crippen LogP contribution in [0.1, 0.15) is 38.9 Å². The molecule has 0 spiro atoms. The number of ether oxygens (including phenoxy) is 2. The van der Waals surface area contributed by atoms with Gasteiger partial charge in [0, 0.05) is 19.2 Å². The fourth-order valence-electron chi connectivity index (χ4n) is 2.45. The van der Waals surface area contributed by atoms with E-state index in [1.165, 1.54) is 0 Å². The highest BCUT2D eigenvalue weighted by molar-refractivity contribution is 6.31. The lowest BCUT2D eigenvalue weighted by molar-refractivity contribution is 0.0170. The molecule has 2 heterocycles. The molecule has 1 fully saturated rings. The van der Waals surface area contributed by atoms with Crippen molar-refractivity contribution in [2.24, 2.45) is 0 Å². The van der Waals surface area contributed by atoms with Gasteiger partial charge in [-0.2, -0.15) is 0 Å². The monoisotopic (exact) mass is 341 g/mol. The highest BCUT2D eigenvalue weighted by Crippen LogP contribution is 2.30. The van der Waals surface area contributed by atoms with Crippen molar-refractivity contribution >= 4 is 17.7 Å². The van der Waals surface area contributed by atoms with E-state index in [1.807, 2.05) is 20.8 Å². The smallest absolute Gasteiger partial charge is 0.410 e. The van der Waals surface area contributed by atoms with E-state index in [0.717, 1.165) is 13.0 Å². The average molecular weight is 342 g/mol. The second-order valence-electron chi connectivity index (χ2n) is 6.47. The summed E-state index contributed by atoms with van der Waals surface area (Å²) in [6, 6.07) is 3.14. The summed E-state index contributed by atoms with van der Waals surface area (Å²) in [5, 5.41) is 3.83. The molecule has 0 aromatic carbocycles. The van der Waals surface area contributed by atoms with Crippen molar-refractivity contribution in [1.82, 2.24) is 15.2 Å². The summed E-state index contributed by atoms with van der Waals surface area (Å²) in [4.78, 5) is 18.7. The first kappa shape index (κ1) is 17.8. The van der Waals surface area contributed by atoms with Gasteiger partial charge in [-0.3, -0.25) is 4.90 Å². The third-order valence-corrected chi connectivity index (χ3v) is 3.79. The van der Waals surface area contributed by atoms with E-state index in [2.05, 4.69) is 10.3 Å². The molecule has 1 atom stereocenters. The molecule has 23 heavy (non-hydrogen) atoms. The lowest BCUT2D eigenvalue weighted by atomic mass is 10.1. The number of nitrogens with zero attached hydrogens (tertiary/aromatic N) is 2. The quantitative estimate of drug-likeness (QED) is 0.895. The Labute approximate surface area is 142 Å². The summed E-state index contributed by atoms with van der Waals surface area (Å²) >= 11 is 6.32. The minimum Gasteiger partial charge on any atom is -0.481 e. The van der Waals surface area contributed by atoms with Gasteiger partial charge in [-0.25, -0.2) is 9.78 Å². The van der Waals surface area contributed by atoms with Gasteiger partial charge in [0.2, 0.25) is 5.88 Å². The number of rotatable bonds is 2. The maximum absolute atomic E-state index is 12.6. The van der Waals surface area contributed by atoms with Gasteiger partial charge < -0.3 is 14.8 Å². The predicted octanol–water partition coefficient (Wildman–Crippen LogP) is 3.02. The largest absolute Gasteiger partial charge is 0.481 e. The van der Waals surface area contributed by atoms with Crippen molar-refractivity contribution in [3.63, 3.8) is 0 Å². The van der Waals surface area contributed by atoms with E-state index in [1.54, 1.807) is 24.1 Å². The number of carbonyl (C=O) groups excluding carboxylic acids is 1. The van der Waals surface area contributed by atoms with E-state index in [-0.39, 0.29) is 12.1 Å². The molecule has 1 saturated heterocycles. The maximum Gasteiger partial charge on any atom is 0.410 e. The number of pyridine rings is 1. The normalized spacial score (nSPS) is 19.2. The highest BCUT2D eigenvalue weighted by atomic mass is 35.5. The zero-order valence-corrected chi connectivity index (χ0v) is 14.8. The molecular formula is C16H24ClN3O3. The Morgan fingerprint density at radius 2 is 2.17 bits per heavy atom. The van der Waals surface area contributed by atoms with Crippen molar-refractivity contribution in [3.8, 4) is 5.88 Å². The van der Waals surface area contributed by atoms with Crippen LogP contribution in [-0.4, -0.2) is 48.3 Å². The molecule has 0 saturated carbocycles. The van der Waals surface area contributed by atoms with Gasteiger partial charge in [0.15, 0.2) is 0 Å². The standard InChI is InChI=1S/C16H24ClN3O3/c1-16(2,3)23-15(21)20-9-5-8-18-10-12(20)14-11(17)6-7-13(19-14)22-4/h6-7,12,18H,5,8-10H2,1-4H3. The number of hydrogen-bond donors (Lipinski definition) is 1. The van der Waals surface area contributed by atoms with E-state index in [4.69, 9.17) is 21.1 Å². The summed E-state index contributed by atoms with van der Waals surface area (Å²) in [5.41, 5.74) is 0.0683. The third-order valence-electron chi connectivity index (χ3n) is 3.47. The van der Waals surface area contributed by atoms with Gasteiger partial charge in [0.05, 0.1) is 23.9 Å². The molecule has 1 aliphatic rings. The number of nitrogens with one attached hydrogen (secondary N) is 1. The van der Waals surface area contributed by atoms with Crippen molar-refractivity contribution in [3.05, 3.63) is 22.8 Å². The topological polar surface area (TPSA) is 63.7 Å². The highest BCUT2D eigenvalue weighted by Gasteiger charge is 2.32. The molecule has 7 heteroatoms. The number of carbonyl (C=O) groups is 1. The van der Waals surface area contributed by atoms with E-state index in [9.17, 15) is 4.79 Å². The van der Waals surface area contributed by atoms with E-state index in [0.29, 0.717) is 29.7 Å². The molecule has 1 N–H and O–H groups in total. The zero-order valence-electron chi connectivity index (χ0n) is 14.1. The van der Waals surface area contributed by atoms with E-state index >= 15 is 0 Å². The van der Waals surface area contributed by atoms with Crippen LogP contribution in [0.3, 0.4) is 0 Å². The minimum absolute atomic E-state index is 0.296. The molecule has 128 valence electrons. The average Bonchev–Trinajstić information content (AvgIpc) is 2.71. The molecule has 1 unspecified atom stereocenters. The summed E-state index contributed by atoms with van der Waals surface area (Å²) < 4.78 is 10.7. The molecule has 6 nitrogen and oxygen atoms in total. The van der Waals surface area contributed by atoms with Crippen molar-refractivity contribution in [1.29, 1.82) is 0 Å². The number of hydrogen-bond acceptors (Lipinski definition) is 5. The molecular weight excluding hydrogens is 318 g/mol. The van der Waals surface area contributed by atoms with Gasteiger partial charge in [-0.1, -0.05) is 11.6 Å². The number of methoxy groups -OCH3 is 1. The van der Waals surface area contributed by atoms with Gasteiger partial charge in [-0.15, -0.1) is 0 Å². The molecule has 1 aliphatic heterocycles. The first-order valence-corrected chi connectivity index (χ1v) is 8.10. The van der Waals surface area contributed by atoms with Gasteiger partial charge in [0.25, 0.3) is 0 Å². The zero-order chi connectivity index (χ0) is 17.0. The Bertz CT molecular complexity index is 560. The van der Waals surface area contributed by atoms with Crippen LogP contribution in [0.5, 0.6) is 5.88 Å². The van der Waals surface area contributed by atoms with Crippen LogP contribution in [0.4, 0.5) is 4.79 Å². The second kappa shape index (κ2) is 7.36. The number of aromatic nitrogens is 1. The fourth-order valence-corrected chi connectivity index (χ4v) is 2.68. The molecule has 1 aromatic heterocycles. The first-order chi connectivity index (χ1) is 10.8. The van der Waals surface area contributed by atoms with Crippen LogP contribution in [0.25, 0.3) is 0 Å². The molecule has 0 radical (unpaired) electrons. The van der Waals surface area contributed by atoms with Crippen molar-refractivity contribution in [2.75, 3.05) is 26.7 Å². The van der Waals surface area contributed by atoms with E-state index < -0.39 is 5.60 Å². The van der Waals surface area contributed by atoms with Crippen LogP contribution < -0.4 is 10.1 Å². The Morgan fingerprint density at radius 1 is 1.43 bits per heavy atom. The summed E-state index contributed by atoms with van der Waals surface area (Å²) in [6.45, 7) is 7.55. The van der Waals surface area contributed by atoms with Crippen LogP contribution in [0.2, 0.25) is 5.02 Å². The maximum atomic E-state index is 12.6. The van der Waals surface area contributed by atoms with Gasteiger partial charge in [0.1, 0.15) is 5.60 Å². The molecule has 0 aliphatic carbocycles. The summed E-state index contributed by atoms with van der Waals surface area (Å²) in [5.74, 6) is 0.470. The van der Waals surface area contributed by atoms with Crippen LogP contribution in [-0.2, 0) is 4.74 Å². The fraction of sp³-hybridized carbons (Fsp3) is 0.625. The van der Waals surface area contributed by atoms with Crippen LogP contribution in [0.15, 0.2) is 12.1 Å². The minimum atomic E-state index is -0.549. The van der Waals surface area contributed by atoms with Crippen molar-refractivity contribution in [2.45, 2.75) is 38.8 Å². The molecule has 2 rings (SSSR count). The second-order valence-corrected chi connectivity index (χ2v) is 6.88. The van der Waals surface area contributed by atoms with Crippen LogP contribution in [0, 0.1) is 0 Å². The Morgan fingerprint density at radius 3 is 2.83 bits per heavy atom.